The highest BCUT2D eigenvalue weighted by Gasteiger charge is 2.51. The van der Waals surface area contributed by atoms with Crippen LogP contribution in [-0.2, 0) is 14.9 Å². The first-order valence-electron chi connectivity index (χ1n) is 7.88. The van der Waals surface area contributed by atoms with Gasteiger partial charge in [0.25, 0.3) is 10.1 Å². The minimum atomic E-state index is -5.10. The lowest BCUT2D eigenvalue weighted by atomic mass is 9.83. The van der Waals surface area contributed by atoms with Gasteiger partial charge in [0.05, 0.1) is 5.02 Å². The van der Waals surface area contributed by atoms with Gasteiger partial charge in [0.15, 0.2) is 4.75 Å². The Labute approximate surface area is 186 Å². The SMILES string of the molecule is O=S(=O)(O)C(c1cccc(O)c1)(c1cc(Cl)cc(Cl)c1)c1cc(Cl)cc(Cl)c1O. The highest BCUT2D eigenvalue weighted by molar-refractivity contribution is 7.87. The lowest BCUT2D eigenvalue weighted by Crippen LogP contribution is -2.38. The Morgan fingerprint density at radius 3 is 1.90 bits per heavy atom. The predicted octanol–water partition coefficient (Wildman–Crippen LogP) is 5.89. The fourth-order valence-corrected chi connectivity index (χ4v) is 5.52. The van der Waals surface area contributed by atoms with E-state index in [1.807, 2.05) is 0 Å². The van der Waals surface area contributed by atoms with Gasteiger partial charge in [-0.15, -0.1) is 0 Å². The normalized spacial score (nSPS) is 13.8. The van der Waals surface area contributed by atoms with Gasteiger partial charge < -0.3 is 10.2 Å². The number of halogens is 4. The van der Waals surface area contributed by atoms with Crippen molar-refractivity contribution in [3.05, 3.63) is 91.4 Å². The number of rotatable bonds is 4. The zero-order valence-electron chi connectivity index (χ0n) is 14.3. The summed E-state index contributed by atoms with van der Waals surface area (Å²) in [5.74, 6) is -0.913. The van der Waals surface area contributed by atoms with Gasteiger partial charge in [0.1, 0.15) is 11.5 Å². The Balaban J connectivity index is 2.63. The molecule has 0 aromatic heterocycles. The maximum absolute atomic E-state index is 13.0. The van der Waals surface area contributed by atoms with Crippen LogP contribution in [0, 0.1) is 0 Å². The zero-order valence-corrected chi connectivity index (χ0v) is 18.1. The van der Waals surface area contributed by atoms with Crippen molar-refractivity contribution in [3.8, 4) is 11.5 Å². The van der Waals surface area contributed by atoms with Crippen LogP contribution in [0.4, 0.5) is 0 Å². The van der Waals surface area contributed by atoms with Crippen LogP contribution < -0.4 is 0 Å². The smallest absolute Gasteiger partial charge is 0.283 e. The molecule has 3 rings (SSSR count). The number of aromatic hydroxyl groups is 2. The van der Waals surface area contributed by atoms with Crippen LogP contribution in [0.2, 0.25) is 20.1 Å². The summed E-state index contributed by atoms with van der Waals surface area (Å²) in [7, 11) is -5.10. The van der Waals surface area contributed by atoms with Crippen molar-refractivity contribution in [2.24, 2.45) is 0 Å². The Bertz CT molecular complexity index is 1190. The molecule has 0 bridgehead atoms. The van der Waals surface area contributed by atoms with Crippen LogP contribution in [0.15, 0.2) is 54.6 Å². The van der Waals surface area contributed by atoms with Gasteiger partial charge in [-0.05, 0) is 53.6 Å². The third-order valence-electron chi connectivity index (χ3n) is 4.32. The van der Waals surface area contributed by atoms with Gasteiger partial charge in [-0.3, -0.25) is 4.55 Å². The van der Waals surface area contributed by atoms with Gasteiger partial charge in [0, 0.05) is 20.6 Å². The van der Waals surface area contributed by atoms with E-state index in [0.717, 1.165) is 12.1 Å². The molecule has 0 radical (unpaired) electrons. The second-order valence-corrected chi connectivity index (χ2v) is 9.43. The van der Waals surface area contributed by atoms with E-state index in [1.165, 1.54) is 42.5 Å². The molecular formula is C19H12Cl4O5S. The van der Waals surface area contributed by atoms with Gasteiger partial charge in [0.2, 0.25) is 0 Å². The summed E-state index contributed by atoms with van der Waals surface area (Å²) in [6.45, 7) is 0. The summed E-state index contributed by atoms with van der Waals surface area (Å²) in [5.41, 5.74) is -0.551. The van der Waals surface area contributed by atoms with E-state index in [4.69, 9.17) is 46.4 Å². The lowest BCUT2D eigenvalue weighted by Gasteiger charge is -2.33. The predicted molar refractivity (Wildman–Crippen MR) is 114 cm³/mol. The molecule has 5 nitrogen and oxygen atoms in total. The Kier molecular flexibility index (Phi) is 5.98. The number of hydrogen-bond acceptors (Lipinski definition) is 4. The minimum Gasteiger partial charge on any atom is -0.508 e. The number of phenolic OH excluding ortho intramolecular Hbond substituents is 2. The second-order valence-electron chi connectivity index (χ2n) is 6.15. The van der Waals surface area contributed by atoms with Gasteiger partial charge in [-0.1, -0.05) is 58.5 Å². The van der Waals surface area contributed by atoms with E-state index in [1.54, 1.807) is 0 Å². The molecule has 0 fully saturated rings. The number of benzene rings is 3. The largest absolute Gasteiger partial charge is 0.508 e. The molecule has 0 spiro atoms. The van der Waals surface area contributed by atoms with E-state index in [0.29, 0.717) is 0 Å². The molecule has 152 valence electrons. The van der Waals surface area contributed by atoms with Crippen molar-refractivity contribution < 1.29 is 23.2 Å². The van der Waals surface area contributed by atoms with Crippen LogP contribution in [0.3, 0.4) is 0 Å². The van der Waals surface area contributed by atoms with Crippen LogP contribution in [0.1, 0.15) is 16.7 Å². The van der Waals surface area contributed by atoms with Crippen molar-refractivity contribution >= 4 is 56.5 Å². The highest BCUT2D eigenvalue weighted by atomic mass is 35.5. The van der Waals surface area contributed by atoms with Crippen LogP contribution >= 0.6 is 46.4 Å². The molecule has 1 atom stereocenters. The molecule has 3 aromatic carbocycles. The minimum absolute atomic E-state index is 0.00380. The van der Waals surface area contributed by atoms with Crippen LogP contribution in [0.5, 0.6) is 11.5 Å². The summed E-state index contributed by atoms with van der Waals surface area (Å²) in [6, 6.07) is 11.4. The molecule has 1 unspecified atom stereocenters. The summed E-state index contributed by atoms with van der Waals surface area (Å²) < 4.78 is 33.9. The summed E-state index contributed by atoms with van der Waals surface area (Å²) in [5, 5.41) is 20.6. The van der Waals surface area contributed by atoms with E-state index < -0.39 is 20.6 Å². The molecule has 29 heavy (non-hydrogen) atoms. The van der Waals surface area contributed by atoms with Crippen molar-refractivity contribution in [3.63, 3.8) is 0 Å². The van der Waals surface area contributed by atoms with Crippen molar-refractivity contribution in [1.82, 2.24) is 0 Å². The number of phenols is 2. The second kappa shape index (κ2) is 7.87. The molecular weight excluding hydrogens is 482 g/mol. The van der Waals surface area contributed by atoms with Crippen molar-refractivity contribution in [1.29, 1.82) is 0 Å². The number of hydrogen-bond donors (Lipinski definition) is 3. The Morgan fingerprint density at radius 2 is 1.34 bits per heavy atom. The van der Waals surface area contributed by atoms with Crippen molar-refractivity contribution in [2.45, 2.75) is 4.75 Å². The zero-order chi connectivity index (χ0) is 21.6. The maximum Gasteiger partial charge on any atom is 0.283 e. The van der Waals surface area contributed by atoms with Crippen molar-refractivity contribution in [2.75, 3.05) is 0 Å². The van der Waals surface area contributed by atoms with E-state index in [-0.39, 0.29) is 42.5 Å². The Hall–Kier alpha value is -1.67. The lowest BCUT2D eigenvalue weighted by molar-refractivity contribution is 0.439. The van der Waals surface area contributed by atoms with Gasteiger partial charge >= 0.3 is 0 Å². The molecule has 0 heterocycles. The molecule has 0 aliphatic rings. The standard InChI is InChI=1S/C19H12Cl4O5S/c20-12-4-11(5-13(21)7-12)19(29(26,27)28,10-2-1-3-15(24)6-10)16-8-14(22)9-17(23)18(16)25/h1-9,24-25H,(H,26,27,28). The third kappa shape index (κ3) is 3.89. The molecule has 0 saturated heterocycles. The first kappa shape index (κ1) is 22.0. The monoisotopic (exact) mass is 492 g/mol. The molecule has 3 aromatic rings. The van der Waals surface area contributed by atoms with E-state index in [9.17, 15) is 23.2 Å². The third-order valence-corrected chi connectivity index (χ3v) is 6.72. The molecule has 0 aliphatic heterocycles. The average Bonchev–Trinajstić information content (AvgIpc) is 2.57. The topological polar surface area (TPSA) is 94.8 Å². The van der Waals surface area contributed by atoms with Crippen LogP contribution in [0.25, 0.3) is 0 Å². The van der Waals surface area contributed by atoms with Gasteiger partial charge in [-0.25, -0.2) is 0 Å². The van der Waals surface area contributed by atoms with Gasteiger partial charge in [-0.2, -0.15) is 8.42 Å². The fraction of sp³-hybridized carbons (Fsp3) is 0.0526. The summed E-state index contributed by atoms with van der Waals surface area (Å²) >= 11 is 24.3. The highest BCUT2D eigenvalue weighted by Crippen LogP contribution is 2.50. The molecule has 3 N–H and O–H groups in total. The average molecular weight is 494 g/mol. The fourth-order valence-electron chi connectivity index (χ4n) is 3.23. The first-order chi connectivity index (χ1) is 13.5. The first-order valence-corrected chi connectivity index (χ1v) is 10.8. The maximum atomic E-state index is 13.0. The summed E-state index contributed by atoms with van der Waals surface area (Å²) in [4.78, 5) is 0. The Morgan fingerprint density at radius 1 is 0.759 bits per heavy atom. The quantitative estimate of drug-likeness (QED) is 0.311. The summed E-state index contributed by atoms with van der Waals surface area (Å²) in [6.07, 6.45) is 0. The molecule has 0 aliphatic carbocycles. The van der Waals surface area contributed by atoms with Crippen LogP contribution in [-0.4, -0.2) is 23.2 Å². The molecule has 0 saturated carbocycles. The van der Waals surface area contributed by atoms with E-state index in [2.05, 4.69) is 0 Å². The van der Waals surface area contributed by atoms with E-state index >= 15 is 0 Å². The molecule has 0 amide bonds. The molecule has 10 heteroatoms.